The summed E-state index contributed by atoms with van der Waals surface area (Å²) in [6, 6.07) is -2.40. The summed E-state index contributed by atoms with van der Waals surface area (Å²) < 4.78 is 75.7. The third-order valence-electron chi connectivity index (χ3n) is 1.95. The molecule has 0 spiro atoms. The number of alkyl carbamates (subject to hydrolysis) is 1. The molecule has 0 aliphatic heterocycles. The van der Waals surface area contributed by atoms with Crippen molar-refractivity contribution >= 4 is 12.0 Å². The molecule has 2 unspecified atom stereocenters. The minimum absolute atomic E-state index is 1.07. The predicted molar refractivity (Wildman–Crippen MR) is 70.3 cm³/mol. The SMILES string of the molecule is [2H]C([2H])(C(NC(=O)OC(C)(C)C)C(O)C(N)=O)C1([2H])C([2H])([2H])C([2H])([2H])C1([2H])[2H]. The van der Waals surface area contributed by atoms with Crippen molar-refractivity contribution in [2.24, 2.45) is 11.6 Å². The second-order valence-electron chi connectivity index (χ2n) is 4.87. The van der Waals surface area contributed by atoms with Gasteiger partial charge < -0.3 is 20.9 Å². The molecule has 1 rings (SSSR count). The van der Waals surface area contributed by atoms with Gasteiger partial charge in [0, 0.05) is 12.3 Å². The number of primary amides is 1. The quantitative estimate of drug-likeness (QED) is 0.697. The smallest absolute Gasteiger partial charge is 0.407 e. The molecule has 6 heteroatoms. The van der Waals surface area contributed by atoms with Gasteiger partial charge in [-0.25, -0.2) is 4.79 Å². The number of rotatable bonds is 5. The lowest BCUT2D eigenvalue weighted by atomic mass is 9.80. The van der Waals surface area contributed by atoms with Crippen molar-refractivity contribution in [2.45, 2.75) is 64.0 Å². The normalized spacial score (nSPS) is 36.5. The van der Waals surface area contributed by atoms with Crippen molar-refractivity contribution in [1.29, 1.82) is 0 Å². The van der Waals surface area contributed by atoms with Crippen LogP contribution in [0.4, 0.5) is 4.79 Å². The summed E-state index contributed by atoms with van der Waals surface area (Å²) in [6.45, 7) is 4.39. The van der Waals surface area contributed by atoms with Crippen LogP contribution in [-0.4, -0.2) is 34.9 Å². The minimum atomic E-state index is -3.50. The fourth-order valence-electron chi connectivity index (χ4n) is 1.15. The summed E-state index contributed by atoms with van der Waals surface area (Å²) in [5, 5.41) is 11.8. The second kappa shape index (κ2) is 6.23. The third-order valence-corrected chi connectivity index (χ3v) is 1.95. The van der Waals surface area contributed by atoms with Gasteiger partial charge in [0.15, 0.2) is 6.10 Å². The van der Waals surface area contributed by atoms with Crippen molar-refractivity contribution in [2.75, 3.05) is 0 Å². The van der Waals surface area contributed by atoms with Crippen LogP contribution in [0.3, 0.4) is 0 Å². The highest BCUT2D eigenvalue weighted by atomic mass is 16.6. The van der Waals surface area contributed by atoms with Gasteiger partial charge in [-0.1, -0.05) is 19.1 Å². The minimum Gasteiger partial charge on any atom is -0.444 e. The van der Waals surface area contributed by atoms with E-state index in [2.05, 4.69) is 0 Å². The highest BCUT2D eigenvalue weighted by Crippen LogP contribution is 2.31. The molecule has 0 heterocycles. The molecular weight excluding hydrogens is 248 g/mol. The van der Waals surface area contributed by atoms with E-state index in [1.54, 1.807) is 0 Å². The Kier molecular flexibility index (Phi) is 2.27. The van der Waals surface area contributed by atoms with Crippen molar-refractivity contribution in [3.05, 3.63) is 0 Å². The maximum atomic E-state index is 12.0. The largest absolute Gasteiger partial charge is 0.444 e. The van der Waals surface area contributed by atoms with Gasteiger partial charge in [0.1, 0.15) is 5.60 Å². The van der Waals surface area contributed by atoms with Gasteiger partial charge >= 0.3 is 6.09 Å². The molecule has 1 aliphatic rings. The summed E-state index contributed by atoms with van der Waals surface area (Å²) in [7, 11) is 0. The maximum Gasteiger partial charge on any atom is 0.407 e. The molecular formula is C13H24N2O4. The highest BCUT2D eigenvalue weighted by molar-refractivity contribution is 5.80. The number of carbonyl (C=O) groups is 2. The average Bonchev–Trinajstić information content (AvgIpc) is 2.47. The van der Waals surface area contributed by atoms with E-state index in [0.717, 1.165) is 0 Å². The van der Waals surface area contributed by atoms with Crippen LogP contribution >= 0.6 is 0 Å². The van der Waals surface area contributed by atoms with Gasteiger partial charge in [-0.2, -0.15) is 0 Å². The molecule has 19 heavy (non-hydrogen) atoms. The van der Waals surface area contributed by atoms with E-state index >= 15 is 0 Å². The van der Waals surface area contributed by atoms with Crippen LogP contribution in [-0.2, 0) is 9.53 Å². The molecule has 1 aliphatic carbocycles. The first-order chi connectivity index (χ1) is 12.1. The molecule has 0 aromatic carbocycles. The first kappa shape index (κ1) is 6.92. The van der Waals surface area contributed by atoms with E-state index in [4.69, 9.17) is 22.8 Å². The standard InChI is InChI=1S/C13H24N2O4/c1-13(2,3)19-12(18)15-9(10(16)11(14)17)7-8-5-4-6-8/h8-10,16H,4-7H2,1-3H3,(H2,14,17)(H,15,18)/i4D2,5D2,6D2,7D2,8D. The summed E-state index contributed by atoms with van der Waals surface area (Å²) in [5.74, 6) is -5.00. The van der Waals surface area contributed by atoms with Crippen molar-refractivity contribution in [3.8, 4) is 0 Å². The van der Waals surface area contributed by atoms with Gasteiger partial charge in [0.05, 0.1) is 6.04 Å². The number of nitrogens with one attached hydrogen (secondary N) is 1. The molecule has 6 nitrogen and oxygen atoms in total. The first-order valence-electron chi connectivity index (χ1n) is 10.1. The lowest BCUT2D eigenvalue weighted by Crippen LogP contribution is -2.51. The number of ether oxygens (including phenoxy) is 1. The molecule has 1 saturated carbocycles. The fourth-order valence-corrected chi connectivity index (χ4v) is 1.15. The Morgan fingerprint density at radius 2 is 2.21 bits per heavy atom. The average molecular weight is 281 g/mol. The second-order valence-corrected chi connectivity index (χ2v) is 4.87. The Morgan fingerprint density at radius 1 is 1.63 bits per heavy atom. The van der Waals surface area contributed by atoms with Crippen molar-refractivity contribution in [3.63, 3.8) is 0 Å². The summed E-state index contributed by atoms with van der Waals surface area (Å²) in [6.07, 6.45) is -17.4. The van der Waals surface area contributed by atoms with Gasteiger partial charge in [-0.3, -0.25) is 4.79 Å². The topological polar surface area (TPSA) is 102 Å². The number of carbonyl (C=O) groups excluding carboxylic acids is 2. The Balaban J connectivity index is 3.47. The summed E-state index contributed by atoms with van der Waals surface area (Å²) in [5.41, 5.74) is 3.88. The summed E-state index contributed by atoms with van der Waals surface area (Å²) >= 11 is 0. The van der Waals surface area contributed by atoms with Crippen LogP contribution in [0.25, 0.3) is 0 Å². The fraction of sp³-hybridized carbons (Fsp3) is 0.846. The van der Waals surface area contributed by atoms with Gasteiger partial charge in [0.25, 0.3) is 0 Å². The van der Waals surface area contributed by atoms with Crippen LogP contribution in [0.5, 0.6) is 0 Å². The molecule has 0 saturated heterocycles. The van der Waals surface area contributed by atoms with E-state index < -0.39 is 61.1 Å². The molecule has 1 fully saturated rings. The molecule has 4 N–H and O–H groups in total. The molecule has 2 atom stereocenters. The van der Waals surface area contributed by atoms with E-state index in [1.165, 1.54) is 20.8 Å². The zero-order valence-corrected chi connectivity index (χ0v) is 10.9. The van der Waals surface area contributed by atoms with Gasteiger partial charge in [-0.05, 0) is 33.0 Å². The molecule has 0 aromatic heterocycles. The monoisotopic (exact) mass is 281 g/mol. The van der Waals surface area contributed by atoms with E-state index in [1.807, 2.05) is 5.32 Å². The van der Waals surface area contributed by atoms with E-state index in [9.17, 15) is 14.7 Å². The number of aliphatic hydroxyl groups excluding tert-OH is 1. The molecule has 0 bridgehead atoms. The highest BCUT2D eigenvalue weighted by Gasteiger charge is 2.31. The Morgan fingerprint density at radius 3 is 2.68 bits per heavy atom. The van der Waals surface area contributed by atoms with Crippen LogP contribution in [0, 0.1) is 5.89 Å². The number of hydrogen-bond acceptors (Lipinski definition) is 4. The number of aliphatic hydroxyl groups is 1. The lowest BCUT2D eigenvalue weighted by Gasteiger charge is -2.32. The van der Waals surface area contributed by atoms with Gasteiger partial charge in [-0.15, -0.1) is 0 Å². The number of hydrogen-bond donors (Lipinski definition) is 3. The van der Waals surface area contributed by atoms with Gasteiger partial charge in [0.2, 0.25) is 5.91 Å². The molecule has 2 amide bonds. The molecule has 0 aromatic rings. The van der Waals surface area contributed by atoms with Crippen LogP contribution in [0.2, 0.25) is 0 Å². The molecule has 0 radical (unpaired) electrons. The number of amides is 2. The maximum absolute atomic E-state index is 12.0. The Bertz CT molecular complexity index is 645. The van der Waals surface area contributed by atoms with Crippen LogP contribution < -0.4 is 11.1 Å². The Hall–Kier alpha value is -1.30. The van der Waals surface area contributed by atoms with Crippen LogP contribution in [0.15, 0.2) is 0 Å². The Labute approximate surface area is 126 Å². The first-order valence-corrected chi connectivity index (χ1v) is 5.56. The zero-order chi connectivity index (χ0) is 22.7. The van der Waals surface area contributed by atoms with Crippen LogP contribution in [0.1, 0.15) is 58.6 Å². The summed E-state index contributed by atoms with van der Waals surface area (Å²) in [4.78, 5) is 23.5. The third kappa shape index (κ3) is 5.46. The molecule has 110 valence electrons. The van der Waals surface area contributed by atoms with Crippen molar-refractivity contribution in [1.82, 2.24) is 5.32 Å². The van der Waals surface area contributed by atoms with Crippen molar-refractivity contribution < 1.29 is 31.8 Å². The van der Waals surface area contributed by atoms with E-state index in [0.29, 0.717) is 0 Å². The van der Waals surface area contributed by atoms with E-state index in [-0.39, 0.29) is 0 Å². The lowest BCUT2D eigenvalue weighted by molar-refractivity contribution is -0.127. The predicted octanol–water partition coefficient (Wildman–Crippen LogP) is 0.916. The zero-order valence-electron chi connectivity index (χ0n) is 19.9. The number of nitrogens with two attached hydrogens (primary N) is 1.